The third-order valence-corrected chi connectivity index (χ3v) is 1.22. The van der Waals surface area contributed by atoms with E-state index in [0.717, 1.165) is 0 Å². The Morgan fingerprint density at radius 2 is 1.67 bits per heavy atom. The van der Waals surface area contributed by atoms with Crippen molar-refractivity contribution in [3.8, 4) is 18.2 Å². The van der Waals surface area contributed by atoms with E-state index < -0.39 is 5.16 Å². The number of nitriles is 3. The molecule has 0 heterocycles. The minimum Gasteiger partial charge on any atom is -0.198 e. The van der Waals surface area contributed by atoms with Crippen molar-refractivity contribution >= 4 is 9.24 Å². The molecule has 0 aromatic carbocycles. The summed E-state index contributed by atoms with van der Waals surface area (Å²) in [6, 6.07) is 5.16. The molecular formula is C5H4N3P. The van der Waals surface area contributed by atoms with E-state index in [0.29, 0.717) is 0 Å². The van der Waals surface area contributed by atoms with E-state index in [1.165, 1.54) is 0 Å². The van der Waals surface area contributed by atoms with Gasteiger partial charge < -0.3 is 0 Å². The first-order valence-corrected chi connectivity index (χ1v) is 2.74. The van der Waals surface area contributed by atoms with E-state index in [2.05, 4.69) is 0 Å². The third-order valence-electron chi connectivity index (χ3n) is 0.757. The zero-order valence-electron chi connectivity index (χ0n) is 4.63. The van der Waals surface area contributed by atoms with Crippen LogP contribution in [0.1, 0.15) is 6.42 Å². The quantitative estimate of drug-likeness (QED) is 0.495. The van der Waals surface area contributed by atoms with Crippen molar-refractivity contribution in [2.45, 2.75) is 11.6 Å². The molecule has 0 radical (unpaired) electrons. The first-order chi connectivity index (χ1) is 4.18. The molecule has 0 aliphatic rings. The van der Waals surface area contributed by atoms with Gasteiger partial charge in [0.25, 0.3) is 0 Å². The van der Waals surface area contributed by atoms with Crippen molar-refractivity contribution in [1.29, 1.82) is 15.8 Å². The SMILES string of the molecule is N#CCC(P)(C#N)C#N. The van der Waals surface area contributed by atoms with Crippen LogP contribution in [0.5, 0.6) is 0 Å². The molecule has 0 aromatic rings. The number of rotatable bonds is 1. The van der Waals surface area contributed by atoms with Gasteiger partial charge in [0.15, 0.2) is 5.16 Å². The van der Waals surface area contributed by atoms with E-state index in [9.17, 15) is 0 Å². The van der Waals surface area contributed by atoms with Gasteiger partial charge in [-0.05, 0) is 0 Å². The molecule has 0 spiro atoms. The average Bonchev–Trinajstić information content (AvgIpc) is 1.89. The lowest BCUT2D eigenvalue weighted by molar-refractivity contribution is 0.930. The highest BCUT2D eigenvalue weighted by molar-refractivity contribution is 7.20. The molecule has 0 aromatic heterocycles. The summed E-state index contributed by atoms with van der Waals surface area (Å²) < 4.78 is 0. The summed E-state index contributed by atoms with van der Waals surface area (Å²) in [5.41, 5.74) is 0. The summed E-state index contributed by atoms with van der Waals surface area (Å²) in [7, 11) is 2.04. The van der Waals surface area contributed by atoms with Crippen LogP contribution in [0, 0.1) is 34.0 Å². The van der Waals surface area contributed by atoms with Gasteiger partial charge in [-0.1, -0.05) is 9.24 Å². The molecule has 0 bridgehead atoms. The van der Waals surface area contributed by atoms with Gasteiger partial charge in [0.2, 0.25) is 0 Å². The zero-order valence-corrected chi connectivity index (χ0v) is 5.78. The molecule has 1 unspecified atom stereocenters. The molecule has 44 valence electrons. The van der Waals surface area contributed by atoms with E-state index in [1.54, 1.807) is 18.2 Å². The second-order valence-corrected chi connectivity index (χ2v) is 2.52. The molecule has 0 aliphatic heterocycles. The second kappa shape index (κ2) is 3.03. The minimum atomic E-state index is -1.20. The van der Waals surface area contributed by atoms with Gasteiger partial charge in [0.05, 0.1) is 24.6 Å². The summed E-state index contributed by atoms with van der Waals surface area (Å²) in [6.07, 6.45) is -0.0648. The number of nitrogens with zero attached hydrogens (tertiary/aromatic N) is 3. The van der Waals surface area contributed by atoms with Gasteiger partial charge in [-0.25, -0.2) is 0 Å². The van der Waals surface area contributed by atoms with Crippen molar-refractivity contribution in [2.75, 3.05) is 0 Å². The van der Waals surface area contributed by atoms with E-state index in [4.69, 9.17) is 15.8 Å². The lowest BCUT2D eigenvalue weighted by atomic mass is 10.1. The Morgan fingerprint density at radius 3 is 1.78 bits per heavy atom. The Balaban J connectivity index is 4.24. The fourth-order valence-electron chi connectivity index (χ4n) is 0.229. The van der Waals surface area contributed by atoms with Crippen molar-refractivity contribution < 1.29 is 0 Å². The Bertz CT molecular complexity index is 200. The normalized spacial score (nSPS) is 8.67. The Hall–Kier alpha value is -1.10. The minimum absolute atomic E-state index is 0.0648. The molecule has 4 heteroatoms. The summed E-state index contributed by atoms with van der Waals surface area (Å²) in [4.78, 5) is 0. The predicted molar refractivity (Wildman–Crippen MR) is 33.9 cm³/mol. The molecule has 1 atom stereocenters. The Labute approximate surface area is 55.7 Å². The van der Waals surface area contributed by atoms with Crippen LogP contribution in [-0.4, -0.2) is 5.16 Å². The summed E-state index contributed by atoms with van der Waals surface area (Å²) >= 11 is 0. The molecule has 9 heavy (non-hydrogen) atoms. The maximum Gasteiger partial charge on any atom is 0.169 e. The van der Waals surface area contributed by atoms with Crippen molar-refractivity contribution in [2.24, 2.45) is 0 Å². The van der Waals surface area contributed by atoms with Crippen molar-refractivity contribution in [3.63, 3.8) is 0 Å². The monoisotopic (exact) mass is 137 g/mol. The highest BCUT2D eigenvalue weighted by Crippen LogP contribution is 2.19. The molecular weight excluding hydrogens is 133 g/mol. The van der Waals surface area contributed by atoms with Gasteiger partial charge >= 0.3 is 0 Å². The van der Waals surface area contributed by atoms with Gasteiger partial charge in [0, 0.05) is 0 Å². The first kappa shape index (κ1) is 7.90. The van der Waals surface area contributed by atoms with Crippen molar-refractivity contribution in [3.05, 3.63) is 0 Å². The van der Waals surface area contributed by atoms with Gasteiger partial charge in [-0.2, -0.15) is 15.8 Å². The first-order valence-electron chi connectivity index (χ1n) is 2.17. The largest absolute Gasteiger partial charge is 0.198 e. The number of hydrogen-bond acceptors (Lipinski definition) is 3. The van der Waals surface area contributed by atoms with Crippen LogP contribution in [0.2, 0.25) is 0 Å². The van der Waals surface area contributed by atoms with Crippen LogP contribution >= 0.6 is 9.24 Å². The van der Waals surface area contributed by atoms with Gasteiger partial charge in [-0.15, -0.1) is 0 Å². The zero-order chi connectivity index (χ0) is 7.33. The summed E-state index contributed by atoms with van der Waals surface area (Å²) in [5, 5.41) is 23.4. The molecule has 3 nitrogen and oxygen atoms in total. The van der Waals surface area contributed by atoms with E-state index >= 15 is 0 Å². The maximum atomic E-state index is 8.27. The standard InChI is InChI=1S/C5H4N3P/c6-2-1-5(9,3-7)4-8/h1,9H2. The van der Waals surface area contributed by atoms with Crippen LogP contribution in [0.25, 0.3) is 0 Å². The van der Waals surface area contributed by atoms with Gasteiger partial charge in [-0.3, -0.25) is 0 Å². The lowest BCUT2D eigenvalue weighted by Gasteiger charge is -2.02. The maximum absolute atomic E-state index is 8.27. The van der Waals surface area contributed by atoms with Crippen LogP contribution in [0.3, 0.4) is 0 Å². The third kappa shape index (κ3) is 2.09. The predicted octanol–water partition coefficient (Wildman–Crippen LogP) is 0.561. The fourth-order valence-corrected chi connectivity index (χ4v) is 0.320. The van der Waals surface area contributed by atoms with Crippen molar-refractivity contribution in [1.82, 2.24) is 0 Å². The van der Waals surface area contributed by atoms with Crippen LogP contribution in [0.4, 0.5) is 0 Å². The molecule has 0 rings (SSSR count). The summed E-state index contributed by atoms with van der Waals surface area (Å²) in [5.74, 6) is 0. The second-order valence-electron chi connectivity index (χ2n) is 1.53. The van der Waals surface area contributed by atoms with Crippen LogP contribution in [0.15, 0.2) is 0 Å². The molecule has 0 saturated heterocycles. The van der Waals surface area contributed by atoms with E-state index in [1.807, 2.05) is 9.24 Å². The Kier molecular flexibility index (Phi) is 2.66. The molecule has 0 aliphatic carbocycles. The highest BCUT2D eigenvalue weighted by Gasteiger charge is 2.22. The summed E-state index contributed by atoms with van der Waals surface area (Å²) in [6.45, 7) is 0. The fraction of sp³-hybridized carbons (Fsp3) is 0.400. The Morgan fingerprint density at radius 1 is 1.22 bits per heavy atom. The van der Waals surface area contributed by atoms with Gasteiger partial charge in [0.1, 0.15) is 0 Å². The topological polar surface area (TPSA) is 71.4 Å². The smallest absolute Gasteiger partial charge is 0.169 e. The highest BCUT2D eigenvalue weighted by atomic mass is 31.0. The van der Waals surface area contributed by atoms with Crippen LogP contribution in [-0.2, 0) is 0 Å². The average molecular weight is 137 g/mol. The number of hydrogen-bond donors (Lipinski definition) is 0. The molecule has 0 saturated carbocycles. The molecule has 0 N–H and O–H groups in total. The lowest BCUT2D eigenvalue weighted by Crippen LogP contribution is -2.12. The van der Waals surface area contributed by atoms with E-state index in [-0.39, 0.29) is 6.42 Å². The van der Waals surface area contributed by atoms with Crippen LogP contribution < -0.4 is 0 Å². The molecule has 0 amide bonds. The molecule has 0 fully saturated rings.